The van der Waals surface area contributed by atoms with Crippen molar-refractivity contribution in [2.24, 2.45) is 5.92 Å². The summed E-state index contributed by atoms with van der Waals surface area (Å²) in [5.41, 5.74) is 0. The number of rotatable bonds is 3. The molecule has 0 aliphatic carbocycles. The van der Waals surface area contributed by atoms with Crippen LogP contribution in [0.2, 0.25) is 0 Å². The molecule has 1 aromatic rings. The molecule has 17 heavy (non-hydrogen) atoms. The molecule has 0 bridgehead atoms. The molecule has 1 N–H and O–H groups in total. The lowest BCUT2D eigenvalue weighted by Crippen LogP contribution is -2.35. The van der Waals surface area contributed by atoms with Crippen LogP contribution in [0.3, 0.4) is 0 Å². The van der Waals surface area contributed by atoms with Gasteiger partial charge in [0, 0.05) is 26.2 Å². The van der Waals surface area contributed by atoms with Gasteiger partial charge < -0.3 is 10.2 Å². The quantitative estimate of drug-likeness (QED) is 0.872. The molecule has 0 aromatic carbocycles. The number of nitrogens with one attached hydrogen (secondary N) is 1. The van der Waals surface area contributed by atoms with Crippen molar-refractivity contribution in [3.8, 4) is 0 Å². The predicted molar refractivity (Wildman–Crippen MR) is 71.5 cm³/mol. The van der Waals surface area contributed by atoms with E-state index in [-0.39, 0.29) is 0 Å². The fraction of sp³-hybridized carbons (Fsp3) is 0.692. The second-order valence-electron chi connectivity index (χ2n) is 4.77. The van der Waals surface area contributed by atoms with Crippen molar-refractivity contribution in [2.45, 2.75) is 33.1 Å². The van der Waals surface area contributed by atoms with Gasteiger partial charge in [-0.3, -0.25) is 0 Å². The highest BCUT2D eigenvalue weighted by atomic mass is 15.2. The molecular formula is C13H22N4. The van der Waals surface area contributed by atoms with E-state index in [4.69, 9.17) is 0 Å². The Kier molecular flexibility index (Phi) is 3.82. The monoisotopic (exact) mass is 234 g/mol. The van der Waals surface area contributed by atoms with Gasteiger partial charge in [0.05, 0.1) is 0 Å². The number of hydrogen-bond donors (Lipinski definition) is 1. The lowest BCUT2D eigenvalue weighted by atomic mass is 9.96. The standard InChI is InChI=1S/C13H22N4/c1-4-11-6-5-7-17(9-11)13-8-12(14-3)15-10(2)16-13/h8,11H,4-7,9H2,1-3H3,(H,14,15,16). The Balaban J connectivity index is 2.18. The Morgan fingerprint density at radius 3 is 3.00 bits per heavy atom. The Morgan fingerprint density at radius 2 is 2.29 bits per heavy atom. The Labute approximate surface area is 103 Å². The number of aromatic nitrogens is 2. The third-order valence-electron chi connectivity index (χ3n) is 3.50. The highest BCUT2D eigenvalue weighted by Crippen LogP contribution is 2.24. The van der Waals surface area contributed by atoms with Gasteiger partial charge in [0.2, 0.25) is 0 Å². The van der Waals surface area contributed by atoms with Gasteiger partial charge in [-0.15, -0.1) is 0 Å². The first-order chi connectivity index (χ1) is 8.22. The number of aryl methyl sites for hydroxylation is 1. The smallest absolute Gasteiger partial charge is 0.134 e. The summed E-state index contributed by atoms with van der Waals surface area (Å²) in [4.78, 5) is 11.3. The van der Waals surface area contributed by atoms with E-state index in [1.54, 1.807) is 0 Å². The first kappa shape index (κ1) is 12.1. The highest BCUT2D eigenvalue weighted by molar-refractivity contribution is 5.49. The van der Waals surface area contributed by atoms with Crippen LogP contribution in [0.1, 0.15) is 32.0 Å². The average Bonchev–Trinajstić information content (AvgIpc) is 2.38. The van der Waals surface area contributed by atoms with Crippen LogP contribution in [-0.4, -0.2) is 30.1 Å². The molecule has 0 spiro atoms. The zero-order valence-electron chi connectivity index (χ0n) is 11.0. The van der Waals surface area contributed by atoms with Crippen molar-refractivity contribution in [1.29, 1.82) is 0 Å². The molecule has 1 unspecified atom stereocenters. The molecule has 1 saturated heterocycles. The van der Waals surface area contributed by atoms with Crippen LogP contribution in [0.4, 0.5) is 11.6 Å². The van der Waals surface area contributed by atoms with Gasteiger partial charge in [0.1, 0.15) is 17.5 Å². The topological polar surface area (TPSA) is 41.0 Å². The third-order valence-corrected chi connectivity index (χ3v) is 3.50. The van der Waals surface area contributed by atoms with E-state index < -0.39 is 0 Å². The zero-order chi connectivity index (χ0) is 12.3. The molecule has 4 nitrogen and oxygen atoms in total. The van der Waals surface area contributed by atoms with Gasteiger partial charge in [-0.25, -0.2) is 9.97 Å². The fourth-order valence-electron chi connectivity index (χ4n) is 2.45. The summed E-state index contributed by atoms with van der Waals surface area (Å²) in [6.07, 6.45) is 3.89. The summed E-state index contributed by atoms with van der Waals surface area (Å²) >= 11 is 0. The lowest BCUT2D eigenvalue weighted by molar-refractivity contribution is 0.403. The first-order valence-corrected chi connectivity index (χ1v) is 6.51. The molecule has 2 rings (SSSR count). The van der Waals surface area contributed by atoms with E-state index in [1.807, 2.05) is 20.0 Å². The summed E-state index contributed by atoms with van der Waals surface area (Å²) < 4.78 is 0. The SMILES string of the molecule is CCC1CCCN(c2cc(NC)nc(C)n2)C1. The molecule has 1 aromatic heterocycles. The molecule has 1 fully saturated rings. The summed E-state index contributed by atoms with van der Waals surface area (Å²) in [5, 5.41) is 3.09. The summed E-state index contributed by atoms with van der Waals surface area (Å²) in [5.74, 6) is 3.63. The zero-order valence-corrected chi connectivity index (χ0v) is 11.0. The number of piperidine rings is 1. The van der Waals surface area contributed by atoms with E-state index in [0.29, 0.717) is 0 Å². The van der Waals surface area contributed by atoms with Crippen LogP contribution >= 0.6 is 0 Å². The minimum absolute atomic E-state index is 0.817. The van der Waals surface area contributed by atoms with Crippen molar-refractivity contribution >= 4 is 11.6 Å². The summed E-state index contributed by atoms with van der Waals surface area (Å²) in [6, 6.07) is 2.05. The van der Waals surface area contributed by atoms with Crippen LogP contribution in [0, 0.1) is 12.8 Å². The summed E-state index contributed by atoms with van der Waals surface area (Å²) in [7, 11) is 1.90. The van der Waals surface area contributed by atoms with Crippen LogP contribution in [0.15, 0.2) is 6.07 Å². The second kappa shape index (κ2) is 5.34. The number of hydrogen-bond acceptors (Lipinski definition) is 4. The maximum absolute atomic E-state index is 4.55. The van der Waals surface area contributed by atoms with E-state index in [1.165, 1.54) is 19.3 Å². The Hall–Kier alpha value is -1.32. The molecule has 1 aliphatic heterocycles. The molecule has 1 atom stereocenters. The maximum Gasteiger partial charge on any atom is 0.134 e. The van der Waals surface area contributed by atoms with Gasteiger partial charge in [0.15, 0.2) is 0 Å². The van der Waals surface area contributed by atoms with Crippen molar-refractivity contribution in [1.82, 2.24) is 9.97 Å². The largest absolute Gasteiger partial charge is 0.373 e. The van der Waals surface area contributed by atoms with E-state index >= 15 is 0 Å². The second-order valence-corrected chi connectivity index (χ2v) is 4.77. The molecule has 0 saturated carbocycles. The first-order valence-electron chi connectivity index (χ1n) is 6.51. The molecule has 1 aliphatic rings. The van der Waals surface area contributed by atoms with Gasteiger partial charge in [-0.2, -0.15) is 0 Å². The van der Waals surface area contributed by atoms with Crippen molar-refractivity contribution in [3.63, 3.8) is 0 Å². The van der Waals surface area contributed by atoms with Crippen LogP contribution < -0.4 is 10.2 Å². The average molecular weight is 234 g/mol. The van der Waals surface area contributed by atoms with Crippen LogP contribution in [0.5, 0.6) is 0 Å². The van der Waals surface area contributed by atoms with Crippen molar-refractivity contribution < 1.29 is 0 Å². The molecule has 0 amide bonds. The minimum Gasteiger partial charge on any atom is -0.373 e. The minimum atomic E-state index is 0.817. The van der Waals surface area contributed by atoms with Crippen molar-refractivity contribution in [3.05, 3.63) is 11.9 Å². The predicted octanol–water partition coefficient (Wildman–Crippen LogP) is 2.45. The van der Waals surface area contributed by atoms with Gasteiger partial charge in [-0.05, 0) is 25.7 Å². The Morgan fingerprint density at radius 1 is 1.47 bits per heavy atom. The molecule has 2 heterocycles. The number of anilines is 2. The maximum atomic E-state index is 4.55. The summed E-state index contributed by atoms with van der Waals surface area (Å²) in [6.45, 7) is 6.48. The molecule has 0 radical (unpaired) electrons. The van der Waals surface area contributed by atoms with Crippen LogP contribution in [-0.2, 0) is 0 Å². The number of nitrogens with zero attached hydrogens (tertiary/aromatic N) is 3. The fourth-order valence-corrected chi connectivity index (χ4v) is 2.45. The van der Waals surface area contributed by atoms with E-state index in [9.17, 15) is 0 Å². The van der Waals surface area contributed by atoms with E-state index in [0.717, 1.165) is 36.5 Å². The van der Waals surface area contributed by atoms with Crippen LogP contribution in [0.25, 0.3) is 0 Å². The van der Waals surface area contributed by atoms with Gasteiger partial charge >= 0.3 is 0 Å². The normalized spacial score (nSPS) is 20.4. The Bertz CT molecular complexity index is 378. The molecule has 94 valence electrons. The van der Waals surface area contributed by atoms with Gasteiger partial charge in [-0.1, -0.05) is 13.3 Å². The van der Waals surface area contributed by atoms with Gasteiger partial charge in [0.25, 0.3) is 0 Å². The molecule has 4 heteroatoms. The third kappa shape index (κ3) is 2.87. The molecular weight excluding hydrogens is 212 g/mol. The van der Waals surface area contributed by atoms with Crippen molar-refractivity contribution in [2.75, 3.05) is 30.4 Å². The highest BCUT2D eigenvalue weighted by Gasteiger charge is 2.20. The van der Waals surface area contributed by atoms with E-state index in [2.05, 4.69) is 27.1 Å². The lowest BCUT2D eigenvalue weighted by Gasteiger charge is -2.33.